The van der Waals surface area contributed by atoms with Gasteiger partial charge in [0, 0.05) is 44.4 Å². The first-order valence-electron chi connectivity index (χ1n) is 24.1. The summed E-state index contributed by atoms with van der Waals surface area (Å²) in [5.41, 5.74) is 2.15. The first-order valence-corrected chi connectivity index (χ1v) is 27.3. The van der Waals surface area contributed by atoms with E-state index in [1.165, 1.54) is 37.0 Å². The van der Waals surface area contributed by atoms with E-state index >= 15 is 4.79 Å². The molecule has 5 aliphatic carbocycles. The van der Waals surface area contributed by atoms with Crippen molar-refractivity contribution >= 4 is 25.8 Å². The summed E-state index contributed by atoms with van der Waals surface area (Å²) in [4.78, 5) is 50.0. The van der Waals surface area contributed by atoms with Gasteiger partial charge in [-0.3, -0.25) is 14.4 Å². The van der Waals surface area contributed by atoms with Crippen molar-refractivity contribution in [2.24, 2.45) is 17.8 Å². The largest absolute Gasteiger partial charge is 0.395 e. The summed E-state index contributed by atoms with van der Waals surface area (Å²) >= 11 is 0. The van der Waals surface area contributed by atoms with Crippen molar-refractivity contribution in [2.45, 2.75) is 208 Å². The smallest absolute Gasteiger partial charge is 0.263 e. The lowest BCUT2D eigenvalue weighted by Crippen LogP contribution is -2.60. The molecule has 10 nitrogen and oxygen atoms in total. The number of fused-ring (bicyclic) bond motifs is 2. The number of carbonyl (C=O) groups excluding carboxylic acids is 3. The summed E-state index contributed by atoms with van der Waals surface area (Å²) in [6.07, 6.45) is 23.3. The summed E-state index contributed by atoms with van der Waals surface area (Å²) in [7, 11) is -0.297. The minimum absolute atomic E-state index is 0.0225. The number of nitrogens with zero attached hydrogens (tertiary/aromatic N) is 3. The average Bonchev–Trinajstić information content (AvgIpc) is 3.67. The Bertz CT molecular complexity index is 1510. The van der Waals surface area contributed by atoms with E-state index in [0.717, 1.165) is 109 Å². The number of aliphatic hydroxyl groups excluding tert-OH is 1. The minimum atomic E-state index is -2.14. The minimum Gasteiger partial charge on any atom is -0.395 e. The fourth-order valence-corrected chi connectivity index (χ4v) is 19.3. The number of allylic oxidation sites excluding steroid dienone is 1. The molecule has 8 atom stereocenters. The van der Waals surface area contributed by atoms with E-state index < -0.39 is 13.7 Å². The average molecular weight is 824 g/mol. The third-order valence-electron chi connectivity index (χ3n) is 17.2. The summed E-state index contributed by atoms with van der Waals surface area (Å²) in [5.74, 6) is 1.15. The molecule has 2 saturated heterocycles. The van der Waals surface area contributed by atoms with E-state index in [4.69, 9.17) is 14.2 Å². The van der Waals surface area contributed by atoms with Crippen molar-refractivity contribution < 1.29 is 33.7 Å². The second kappa shape index (κ2) is 18.3. The zero-order chi connectivity index (χ0) is 40.6. The standard InChI is InChI=1S/C47H77N3O7Si/c1-32-45(58(3,4)37-23-21-36(55-2)22-24-37)42(28-43(52)48(25-26-51)29-33-13-6-5-7-14-33)57-47(32)38-17-8-9-18-39(38)49(46(47)54)30-34-15-12-16-35(27-34)50-40-19-10-11-20-41(40)56-31-44(50)53/h32-37,40-42,45,51H,5-31H2,1-4H3/t32-,34?,35?,36?,37?,40?,41?,42+,45-,47+/m1/s1. The van der Waals surface area contributed by atoms with Crippen molar-refractivity contribution in [3.05, 3.63) is 11.3 Å². The SMILES string of the molecule is COC1CCC([Si](C)(C)[C@H]2[C@H](CC(=O)N(CCO)CC3CCCCC3)O[C@@]3(C(=O)N(CC4CCCC(N5C(=O)COC6CCCCC65)C4)C4=C3CCCC4)[C@@H]2C)CC1. The van der Waals surface area contributed by atoms with Crippen molar-refractivity contribution in [3.63, 3.8) is 0 Å². The third-order valence-corrected chi connectivity index (χ3v) is 22.5. The second-order valence-corrected chi connectivity index (χ2v) is 25.9. The molecule has 0 aromatic rings. The molecule has 58 heavy (non-hydrogen) atoms. The highest BCUT2D eigenvalue weighted by atomic mass is 28.3. The van der Waals surface area contributed by atoms with Crippen LogP contribution >= 0.6 is 0 Å². The van der Waals surface area contributed by atoms with E-state index in [0.29, 0.717) is 43.1 Å². The molecule has 3 heterocycles. The molecule has 3 aliphatic heterocycles. The van der Waals surface area contributed by atoms with Crippen LogP contribution in [0.2, 0.25) is 24.2 Å². The van der Waals surface area contributed by atoms with Gasteiger partial charge >= 0.3 is 0 Å². The fraction of sp³-hybridized carbons (Fsp3) is 0.894. The highest BCUT2D eigenvalue weighted by molar-refractivity contribution is 6.80. The lowest BCUT2D eigenvalue weighted by atomic mass is 9.78. The van der Waals surface area contributed by atoms with Crippen LogP contribution in [0.1, 0.15) is 148 Å². The van der Waals surface area contributed by atoms with Gasteiger partial charge in [-0.15, -0.1) is 0 Å². The number of methoxy groups -OCH3 is 1. The zero-order valence-electron chi connectivity index (χ0n) is 36.6. The van der Waals surface area contributed by atoms with Crippen LogP contribution in [0.4, 0.5) is 0 Å². The molecule has 0 aromatic carbocycles. The Labute approximate surface area is 350 Å². The highest BCUT2D eigenvalue weighted by Gasteiger charge is 2.67. The predicted octanol–water partition coefficient (Wildman–Crippen LogP) is 7.99. The first kappa shape index (κ1) is 42.9. The van der Waals surface area contributed by atoms with Crippen LogP contribution < -0.4 is 0 Å². The van der Waals surface area contributed by atoms with Gasteiger partial charge in [-0.25, -0.2) is 0 Å². The van der Waals surface area contributed by atoms with Gasteiger partial charge in [-0.1, -0.05) is 71.4 Å². The molecule has 1 spiro atoms. The summed E-state index contributed by atoms with van der Waals surface area (Å²) in [6.45, 7) is 9.33. The van der Waals surface area contributed by atoms with Crippen LogP contribution in [0.3, 0.4) is 0 Å². The summed E-state index contributed by atoms with van der Waals surface area (Å²) < 4.78 is 19.4. The quantitative estimate of drug-likeness (QED) is 0.199. The third kappa shape index (κ3) is 8.15. The van der Waals surface area contributed by atoms with Crippen molar-refractivity contribution in [2.75, 3.05) is 40.0 Å². The Morgan fingerprint density at radius 1 is 0.897 bits per heavy atom. The van der Waals surface area contributed by atoms with Crippen LogP contribution in [-0.4, -0.2) is 122 Å². The van der Waals surface area contributed by atoms with Gasteiger partial charge in [0.25, 0.3) is 5.91 Å². The molecule has 8 rings (SSSR count). The van der Waals surface area contributed by atoms with E-state index in [-0.39, 0.29) is 73.1 Å². The first-order chi connectivity index (χ1) is 28.1. The number of hydrogen-bond donors (Lipinski definition) is 1. The lowest BCUT2D eigenvalue weighted by Gasteiger charge is -2.49. The number of amides is 3. The molecule has 6 fully saturated rings. The number of carbonyl (C=O) groups is 3. The lowest BCUT2D eigenvalue weighted by molar-refractivity contribution is -0.167. The molecular formula is C47H77N3O7Si. The molecule has 3 amide bonds. The number of morpholine rings is 1. The fourth-order valence-electron chi connectivity index (χ4n) is 14.3. The van der Waals surface area contributed by atoms with Gasteiger partial charge in [0.05, 0.1) is 45.5 Å². The zero-order valence-corrected chi connectivity index (χ0v) is 37.6. The number of rotatable bonds is 12. The van der Waals surface area contributed by atoms with E-state index in [9.17, 15) is 14.7 Å². The van der Waals surface area contributed by atoms with Crippen LogP contribution in [0.25, 0.3) is 0 Å². The van der Waals surface area contributed by atoms with Gasteiger partial charge in [0.15, 0.2) is 5.60 Å². The van der Waals surface area contributed by atoms with Gasteiger partial charge in [-0.05, 0) is 112 Å². The van der Waals surface area contributed by atoms with Crippen LogP contribution in [0.5, 0.6) is 0 Å². The number of hydrogen-bond acceptors (Lipinski definition) is 7. The predicted molar refractivity (Wildman–Crippen MR) is 228 cm³/mol. The van der Waals surface area contributed by atoms with Crippen LogP contribution in [-0.2, 0) is 28.6 Å². The van der Waals surface area contributed by atoms with Crippen molar-refractivity contribution in [3.8, 4) is 0 Å². The maximum atomic E-state index is 15.6. The van der Waals surface area contributed by atoms with E-state index in [1.54, 1.807) is 0 Å². The molecule has 4 saturated carbocycles. The Balaban J connectivity index is 1.06. The van der Waals surface area contributed by atoms with Crippen molar-refractivity contribution in [1.29, 1.82) is 0 Å². The van der Waals surface area contributed by atoms with Gasteiger partial charge < -0.3 is 34.0 Å². The maximum Gasteiger partial charge on any atom is 0.263 e. The van der Waals surface area contributed by atoms with Crippen molar-refractivity contribution in [1.82, 2.24) is 14.7 Å². The molecular weight excluding hydrogens is 747 g/mol. The summed E-state index contributed by atoms with van der Waals surface area (Å²) in [5, 5.41) is 10.2. The molecule has 0 aromatic heterocycles. The molecule has 0 bridgehead atoms. The monoisotopic (exact) mass is 824 g/mol. The molecule has 1 N–H and O–H groups in total. The van der Waals surface area contributed by atoms with Crippen LogP contribution in [0, 0.1) is 17.8 Å². The number of aliphatic hydroxyl groups is 1. The van der Waals surface area contributed by atoms with E-state index in [2.05, 4.69) is 29.8 Å². The topological polar surface area (TPSA) is 109 Å². The molecule has 326 valence electrons. The van der Waals surface area contributed by atoms with E-state index in [1.807, 2.05) is 12.0 Å². The Kier molecular flexibility index (Phi) is 13.5. The van der Waals surface area contributed by atoms with Gasteiger partial charge in [0.1, 0.15) is 6.61 Å². The van der Waals surface area contributed by atoms with Gasteiger partial charge in [-0.2, -0.15) is 0 Å². The number of ether oxygens (including phenoxy) is 3. The highest BCUT2D eigenvalue weighted by Crippen LogP contribution is 2.62. The molecule has 11 heteroatoms. The normalized spacial score (nSPS) is 37.7. The Hall–Kier alpha value is -1.79. The summed E-state index contributed by atoms with van der Waals surface area (Å²) in [6, 6.07) is 0.407. The van der Waals surface area contributed by atoms with Crippen LogP contribution in [0.15, 0.2) is 11.3 Å². The Morgan fingerprint density at radius 3 is 2.38 bits per heavy atom. The molecule has 4 unspecified atom stereocenters. The maximum absolute atomic E-state index is 15.6. The molecule has 8 aliphatic rings. The van der Waals surface area contributed by atoms with Gasteiger partial charge in [0.2, 0.25) is 11.8 Å². The Morgan fingerprint density at radius 2 is 1.62 bits per heavy atom. The molecule has 0 radical (unpaired) electrons. The second-order valence-electron chi connectivity index (χ2n) is 20.7.